The van der Waals surface area contributed by atoms with Crippen molar-refractivity contribution in [3.05, 3.63) is 23.8 Å². The summed E-state index contributed by atoms with van der Waals surface area (Å²) in [6, 6.07) is 6.17. The van der Waals surface area contributed by atoms with Crippen LogP contribution in [0.5, 0.6) is 5.75 Å². The molecule has 1 fully saturated rings. The van der Waals surface area contributed by atoms with Gasteiger partial charge in [0.2, 0.25) is 0 Å². The highest BCUT2D eigenvalue weighted by atomic mass is 16.5. The second kappa shape index (κ2) is 2.89. The molecule has 0 bridgehead atoms. The standard InChI is InChI=1S/C12H15NO2/c1-12-5-6-15-11(12)13-10-4-3-8(14-2)7-9(10)12/h3-4,7,11,13H,5-6H2,1-2H3. The lowest BCUT2D eigenvalue weighted by Gasteiger charge is -2.22. The van der Waals surface area contributed by atoms with Crippen molar-refractivity contribution in [2.75, 3.05) is 19.0 Å². The molecule has 0 aliphatic carbocycles. The number of hydrogen-bond donors (Lipinski definition) is 1. The Morgan fingerprint density at radius 1 is 1.53 bits per heavy atom. The van der Waals surface area contributed by atoms with Crippen LogP contribution in [-0.2, 0) is 10.2 Å². The average Bonchev–Trinajstić information content (AvgIpc) is 2.72. The molecule has 1 N–H and O–H groups in total. The summed E-state index contributed by atoms with van der Waals surface area (Å²) in [5, 5.41) is 3.41. The zero-order valence-corrected chi connectivity index (χ0v) is 9.04. The number of nitrogens with one attached hydrogen (secondary N) is 1. The third-order valence-corrected chi connectivity index (χ3v) is 3.61. The van der Waals surface area contributed by atoms with E-state index in [0.29, 0.717) is 0 Å². The Balaban J connectivity index is 2.11. The first-order valence-corrected chi connectivity index (χ1v) is 5.31. The topological polar surface area (TPSA) is 30.5 Å². The second-order valence-corrected chi connectivity index (χ2v) is 4.47. The van der Waals surface area contributed by atoms with E-state index in [2.05, 4.69) is 24.4 Å². The molecule has 2 atom stereocenters. The summed E-state index contributed by atoms with van der Waals surface area (Å²) >= 11 is 0. The fraction of sp³-hybridized carbons (Fsp3) is 0.500. The van der Waals surface area contributed by atoms with E-state index >= 15 is 0 Å². The van der Waals surface area contributed by atoms with Crippen molar-refractivity contribution in [1.29, 1.82) is 0 Å². The van der Waals surface area contributed by atoms with E-state index < -0.39 is 0 Å². The molecule has 0 amide bonds. The Labute approximate surface area is 89.4 Å². The Kier molecular flexibility index (Phi) is 1.74. The van der Waals surface area contributed by atoms with Gasteiger partial charge in [-0.15, -0.1) is 0 Å². The fourth-order valence-corrected chi connectivity index (χ4v) is 2.57. The van der Waals surface area contributed by atoms with Crippen LogP contribution in [0.4, 0.5) is 5.69 Å². The Bertz CT molecular complexity index is 405. The van der Waals surface area contributed by atoms with Crippen LogP contribution < -0.4 is 10.1 Å². The molecule has 2 heterocycles. The van der Waals surface area contributed by atoms with Crippen molar-refractivity contribution in [2.45, 2.75) is 25.0 Å². The van der Waals surface area contributed by atoms with E-state index in [4.69, 9.17) is 9.47 Å². The quantitative estimate of drug-likeness (QED) is 0.761. The molecule has 2 aliphatic rings. The molecule has 15 heavy (non-hydrogen) atoms. The molecular formula is C12H15NO2. The van der Waals surface area contributed by atoms with Gasteiger partial charge in [-0.1, -0.05) is 6.92 Å². The Morgan fingerprint density at radius 2 is 2.40 bits per heavy atom. The lowest BCUT2D eigenvalue weighted by Crippen LogP contribution is -2.31. The normalized spacial score (nSPS) is 32.0. The van der Waals surface area contributed by atoms with Crippen LogP contribution in [0.25, 0.3) is 0 Å². The van der Waals surface area contributed by atoms with Crippen LogP contribution in [0.15, 0.2) is 18.2 Å². The van der Waals surface area contributed by atoms with Crippen LogP contribution >= 0.6 is 0 Å². The second-order valence-electron chi connectivity index (χ2n) is 4.47. The van der Waals surface area contributed by atoms with Crippen molar-refractivity contribution in [2.24, 2.45) is 0 Å². The van der Waals surface area contributed by atoms with Gasteiger partial charge in [0.1, 0.15) is 12.0 Å². The third-order valence-electron chi connectivity index (χ3n) is 3.61. The molecule has 1 saturated heterocycles. The highest BCUT2D eigenvalue weighted by Gasteiger charge is 2.47. The van der Waals surface area contributed by atoms with Crippen molar-refractivity contribution < 1.29 is 9.47 Å². The summed E-state index contributed by atoms with van der Waals surface area (Å²) in [7, 11) is 1.70. The van der Waals surface area contributed by atoms with Gasteiger partial charge in [0.05, 0.1) is 13.7 Å². The van der Waals surface area contributed by atoms with Crippen molar-refractivity contribution in [3.8, 4) is 5.75 Å². The molecule has 0 spiro atoms. The molecule has 0 saturated carbocycles. The van der Waals surface area contributed by atoms with Crippen LogP contribution in [0.1, 0.15) is 18.9 Å². The largest absolute Gasteiger partial charge is 0.497 e. The van der Waals surface area contributed by atoms with Crippen LogP contribution in [0.2, 0.25) is 0 Å². The molecular weight excluding hydrogens is 190 g/mol. The van der Waals surface area contributed by atoms with Crippen molar-refractivity contribution in [3.63, 3.8) is 0 Å². The lowest BCUT2D eigenvalue weighted by atomic mass is 9.82. The third kappa shape index (κ3) is 1.10. The maximum Gasteiger partial charge on any atom is 0.137 e. The molecule has 0 radical (unpaired) electrons. The van der Waals surface area contributed by atoms with Gasteiger partial charge in [0.25, 0.3) is 0 Å². The van der Waals surface area contributed by atoms with Crippen LogP contribution in [0.3, 0.4) is 0 Å². The number of anilines is 1. The highest BCUT2D eigenvalue weighted by Crippen LogP contribution is 2.48. The highest BCUT2D eigenvalue weighted by molar-refractivity contribution is 5.63. The van der Waals surface area contributed by atoms with E-state index in [1.807, 2.05) is 6.07 Å². The molecule has 0 aromatic heterocycles. The fourth-order valence-electron chi connectivity index (χ4n) is 2.57. The molecule has 80 valence electrons. The first kappa shape index (κ1) is 9.04. The van der Waals surface area contributed by atoms with Crippen molar-refractivity contribution in [1.82, 2.24) is 0 Å². The Hall–Kier alpha value is -1.22. The van der Waals surface area contributed by atoms with E-state index in [-0.39, 0.29) is 11.6 Å². The molecule has 2 unspecified atom stereocenters. The zero-order valence-electron chi connectivity index (χ0n) is 9.04. The summed E-state index contributed by atoms with van der Waals surface area (Å²) in [6.45, 7) is 3.09. The number of hydrogen-bond acceptors (Lipinski definition) is 3. The first-order chi connectivity index (χ1) is 7.24. The van der Waals surface area contributed by atoms with Crippen LogP contribution in [-0.4, -0.2) is 19.9 Å². The number of fused-ring (bicyclic) bond motifs is 3. The molecule has 1 aromatic carbocycles. The maximum atomic E-state index is 5.68. The molecule has 3 rings (SSSR count). The minimum atomic E-state index is 0.115. The zero-order chi connectivity index (χ0) is 10.5. The van der Waals surface area contributed by atoms with Crippen molar-refractivity contribution >= 4 is 5.69 Å². The van der Waals surface area contributed by atoms with Gasteiger partial charge >= 0.3 is 0 Å². The number of rotatable bonds is 1. The SMILES string of the molecule is COc1ccc2c(c1)C1(C)CCOC1N2. The molecule has 3 heteroatoms. The van der Waals surface area contributed by atoms with Gasteiger partial charge in [0, 0.05) is 11.1 Å². The molecule has 3 nitrogen and oxygen atoms in total. The number of benzene rings is 1. The van der Waals surface area contributed by atoms with E-state index in [9.17, 15) is 0 Å². The summed E-state index contributed by atoms with van der Waals surface area (Å²) in [6.07, 6.45) is 1.21. The maximum absolute atomic E-state index is 5.68. The molecule has 1 aromatic rings. The minimum absolute atomic E-state index is 0.115. The van der Waals surface area contributed by atoms with E-state index in [0.717, 1.165) is 18.8 Å². The Morgan fingerprint density at radius 3 is 3.20 bits per heavy atom. The van der Waals surface area contributed by atoms with Gasteiger partial charge in [-0.25, -0.2) is 0 Å². The predicted octanol–water partition coefficient (Wildman–Crippen LogP) is 2.12. The smallest absolute Gasteiger partial charge is 0.137 e. The van der Waals surface area contributed by atoms with Gasteiger partial charge < -0.3 is 14.8 Å². The minimum Gasteiger partial charge on any atom is -0.497 e. The van der Waals surface area contributed by atoms with Gasteiger partial charge in [0.15, 0.2) is 0 Å². The summed E-state index contributed by atoms with van der Waals surface area (Å²) in [4.78, 5) is 0. The molecule has 2 aliphatic heterocycles. The summed E-state index contributed by atoms with van der Waals surface area (Å²) in [5.41, 5.74) is 2.62. The predicted molar refractivity (Wildman–Crippen MR) is 58.3 cm³/mol. The number of methoxy groups -OCH3 is 1. The average molecular weight is 205 g/mol. The number of ether oxygens (including phenoxy) is 2. The monoisotopic (exact) mass is 205 g/mol. The van der Waals surface area contributed by atoms with Gasteiger partial charge in [-0.05, 0) is 30.2 Å². The van der Waals surface area contributed by atoms with Gasteiger partial charge in [-0.3, -0.25) is 0 Å². The van der Waals surface area contributed by atoms with E-state index in [1.54, 1.807) is 7.11 Å². The lowest BCUT2D eigenvalue weighted by molar-refractivity contribution is 0.112. The summed E-state index contributed by atoms with van der Waals surface area (Å²) in [5.74, 6) is 0.921. The van der Waals surface area contributed by atoms with Gasteiger partial charge in [-0.2, -0.15) is 0 Å². The first-order valence-electron chi connectivity index (χ1n) is 5.31. The van der Waals surface area contributed by atoms with Crippen LogP contribution in [0, 0.1) is 0 Å². The van der Waals surface area contributed by atoms with E-state index in [1.165, 1.54) is 11.3 Å². The summed E-state index contributed by atoms with van der Waals surface area (Å²) < 4.78 is 10.9.